The fourth-order valence-electron chi connectivity index (χ4n) is 1.28. The molecule has 4 nitrogen and oxygen atoms in total. The molecule has 15 heavy (non-hydrogen) atoms. The third-order valence-electron chi connectivity index (χ3n) is 2.04. The first-order chi connectivity index (χ1) is 7.02. The van der Waals surface area contributed by atoms with Crippen LogP contribution in [-0.2, 0) is 18.2 Å². The summed E-state index contributed by atoms with van der Waals surface area (Å²) < 4.78 is 30.6. The summed E-state index contributed by atoms with van der Waals surface area (Å²) in [4.78, 5) is 0. The Balaban J connectivity index is 0.000000262. The summed E-state index contributed by atoms with van der Waals surface area (Å²) in [5.74, 6) is 0. The lowest BCUT2D eigenvalue weighted by Crippen LogP contribution is -1.81. The molecular formula is C9H22O4P2. The second kappa shape index (κ2) is 8.52. The highest BCUT2D eigenvalue weighted by molar-refractivity contribution is 7.63. The van der Waals surface area contributed by atoms with Crippen molar-refractivity contribution < 1.29 is 18.2 Å². The first-order valence-electron chi connectivity index (χ1n) is 5.37. The van der Waals surface area contributed by atoms with Crippen LogP contribution in [0.1, 0.15) is 26.7 Å². The standard InChI is InChI=1S/C5H11OP.C4H11O3P/c1-7(6)4-2-3-5-7;1-3-6-8(5)7-4-2/h2-5H2,1H3;8H,3-4H2,1-2H3. The van der Waals surface area contributed by atoms with Gasteiger partial charge in [-0.1, -0.05) is 0 Å². The highest BCUT2D eigenvalue weighted by Crippen LogP contribution is 2.47. The van der Waals surface area contributed by atoms with Crippen LogP contribution in [0.4, 0.5) is 0 Å². The predicted octanol–water partition coefficient (Wildman–Crippen LogP) is 3.22. The Kier molecular flexibility index (Phi) is 8.74. The Labute approximate surface area is 93.1 Å². The van der Waals surface area contributed by atoms with E-state index in [1.165, 1.54) is 12.8 Å². The van der Waals surface area contributed by atoms with Crippen molar-refractivity contribution in [3.05, 3.63) is 0 Å². The minimum atomic E-state index is -2.14. The minimum Gasteiger partial charge on any atom is -0.324 e. The van der Waals surface area contributed by atoms with Gasteiger partial charge in [0.2, 0.25) is 0 Å². The summed E-state index contributed by atoms with van der Waals surface area (Å²) >= 11 is 0. The van der Waals surface area contributed by atoms with Gasteiger partial charge in [-0.05, 0) is 33.4 Å². The predicted molar refractivity (Wildman–Crippen MR) is 64.8 cm³/mol. The summed E-state index contributed by atoms with van der Waals surface area (Å²) in [6.07, 6.45) is 4.42. The fraction of sp³-hybridized carbons (Fsp3) is 1.00. The molecule has 0 N–H and O–H groups in total. The molecule has 0 aromatic heterocycles. The van der Waals surface area contributed by atoms with Gasteiger partial charge in [0.25, 0.3) is 0 Å². The van der Waals surface area contributed by atoms with Gasteiger partial charge >= 0.3 is 8.25 Å². The van der Waals surface area contributed by atoms with Crippen LogP contribution >= 0.6 is 15.4 Å². The number of hydrogen-bond acceptors (Lipinski definition) is 4. The van der Waals surface area contributed by atoms with Crippen LogP contribution in [0.2, 0.25) is 0 Å². The zero-order valence-electron chi connectivity index (χ0n) is 9.82. The quantitative estimate of drug-likeness (QED) is 0.724. The SMILES string of the molecule is CCO[PH](=O)OCC.CP1(=O)CCCC1. The molecule has 0 saturated carbocycles. The monoisotopic (exact) mass is 256 g/mol. The van der Waals surface area contributed by atoms with Crippen molar-refractivity contribution in [3.8, 4) is 0 Å². The summed E-state index contributed by atoms with van der Waals surface area (Å²) in [5.41, 5.74) is 0. The summed E-state index contributed by atoms with van der Waals surface area (Å²) in [5, 5.41) is 0. The van der Waals surface area contributed by atoms with Crippen LogP contribution in [-0.4, -0.2) is 32.2 Å². The molecule has 0 atom stereocenters. The molecule has 0 spiro atoms. The summed E-state index contributed by atoms with van der Waals surface area (Å²) in [6.45, 7) is 6.39. The highest BCUT2D eigenvalue weighted by atomic mass is 31.2. The molecule has 0 aromatic rings. The largest absolute Gasteiger partial charge is 0.324 e. The number of rotatable bonds is 4. The Morgan fingerprint density at radius 3 is 1.73 bits per heavy atom. The highest BCUT2D eigenvalue weighted by Gasteiger charge is 2.19. The molecule has 6 heteroatoms. The van der Waals surface area contributed by atoms with E-state index in [0.29, 0.717) is 13.2 Å². The average molecular weight is 256 g/mol. The minimum absolute atomic E-state index is 0.456. The van der Waals surface area contributed by atoms with Gasteiger partial charge in [0.15, 0.2) is 0 Å². The van der Waals surface area contributed by atoms with Crippen molar-refractivity contribution in [2.24, 2.45) is 0 Å². The molecule has 0 amide bonds. The van der Waals surface area contributed by atoms with Gasteiger partial charge in [0.1, 0.15) is 0 Å². The molecule has 1 heterocycles. The maximum absolute atomic E-state index is 11.0. The van der Waals surface area contributed by atoms with E-state index in [0.717, 1.165) is 12.3 Å². The third kappa shape index (κ3) is 9.32. The zero-order valence-corrected chi connectivity index (χ0v) is 11.7. The molecule has 0 aromatic carbocycles. The number of hydrogen-bond donors (Lipinski definition) is 0. The van der Waals surface area contributed by atoms with E-state index in [9.17, 15) is 9.13 Å². The van der Waals surface area contributed by atoms with Crippen LogP contribution in [0.25, 0.3) is 0 Å². The van der Waals surface area contributed by atoms with E-state index in [4.69, 9.17) is 0 Å². The van der Waals surface area contributed by atoms with Crippen molar-refractivity contribution in [1.82, 2.24) is 0 Å². The van der Waals surface area contributed by atoms with Crippen molar-refractivity contribution in [2.75, 3.05) is 32.2 Å². The van der Waals surface area contributed by atoms with E-state index in [2.05, 4.69) is 9.05 Å². The van der Waals surface area contributed by atoms with Gasteiger partial charge in [0, 0.05) is 12.3 Å². The topological polar surface area (TPSA) is 52.6 Å². The van der Waals surface area contributed by atoms with Crippen LogP contribution in [0.15, 0.2) is 0 Å². The van der Waals surface area contributed by atoms with Gasteiger partial charge in [-0.15, -0.1) is 0 Å². The van der Waals surface area contributed by atoms with E-state index < -0.39 is 15.4 Å². The van der Waals surface area contributed by atoms with Crippen LogP contribution in [0.3, 0.4) is 0 Å². The van der Waals surface area contributed by atoms with Gasteiger partial charge in [-0.2, -0.15) is 0 Å². The third-order valence-corrected chi connectivity index (χ3v) is 5.61. The van der Waals surface area contributed by atoms with Crippen molar-refractivity contribution in [1.29, 1.82) is 0 Å². The zero-order chi connectivity index (χ0) is 11.7. The maximum Gasteiger partial charge on any atom is 0.319 e. The molecule has 0 unspecified atom stereocenters. The maximum atomic E-state index is 11.0. The van der Waals surface area contributed by atoms with Crippen molar-refractivity contribution in [3.63, 3.8) is 0 Å². The normalized spacial score (nSPS) is 18.7. The van der Waals surface area contributed by atoms with E-state index >= 15 is 0 Å². The van der Waals surface area contributed by atoms with E-state index in [1.807, 2.05) is 6.66 Å². The molecule has 1 aliphatic heterocycles. The summed E-state index contributed by atoms with van der Waals surface area (Å²) in [7, 11) is -3.68. The molecule has 0 aliphatic carbocycles. The van der Waals surface area contributed by atoms with E-state index in [1.54, 1.807) is 13.8 Å². The van der Waals surface area contributed by atoms with Gasteiger partial charge < -0.3 is 13.6 Å². The molecule has 92 valence electrons. The molecule has 1 aliphatic rings. The molecular weight excluding hydrogens is 234 g/mol. The van der Waals surface area contributed by atoms with Crippen LogP contribution < -0.4 is 0 Å². The molecule has 1 fully saturated rings. The second-order valence-corrected chi connectivity index (χ2v) is 8.13. The smallest absolute Gasteiger partial charge is 0.319 e. The van der Waals surface area contributed by atoms with Crippen molar-refractivity contribution >= 4 is 15.4 Å². The lowest BCUT2D eigenvalue weighted by molar-refractivity contribution is 0.243. The van der Waals surface area contributed by atoms with Gasteiger partial charge in [-0.25, -0.2) is 0 Å². The lowest BCUT2D eigenvalue weighted by Gasteiger charge is -1.97. The molecule has 0 radical (unpaired) electrons. The Morgan fingerprint density at radius 1 is 1.13 bits per heavy atom. The Hall–Kier alpha value is 0.380. The fourth-order valence-corrected chi connectivity index (χ4v) is 3.85. The first-order valence-corrected chi connectivity index (χ1v) is 9.12. The molecule has 1 rings (SSSR count). The summed E-state index contributed by atoms with van der Waals surface area (Å²) in [6, 6.07) is 0. The molecule has 1 saturated heterocycles. The van der Waals surface area contributed by atoms with Gasteiger partial charge in [0.05, 0.1) is 20.4 Å². The van der Waals surface area contributed by atoms with Gasteiger partial charge in [-0.3, -0.25) is 4.57 Å². The second-order valence-electron chi connectivity index (χ2n) is 3.57. The van der Waals surface area contributed by atoms with Crippen molar-refractivity contribution in [2.45, 2.75) is 26.7 Å². The van der Waals surface area contributed by atoms with E-state index in [-0.39, 0.29) is 0 Å². The van der Waals surface area contributed by atoms with Crippen LogP contribution in [0, 0.1) is 0 Å². The Morgan fingerprint density at radius 2 is 1.53 bits per heavy atom. The molecule has 0 bridgehead atoms. The Bertz CT molecular complexity index is 212. The van der Waals surface area contributed by atoms with Crippen LogP contribution in [0.5, 0.6) is 0 Å². The lowest BCUT2D eigenvalue weighted by atomic mass is 10.4. The first kappa shape index (κ1) is 15.4. The average Bonchev–Trinajstić information content (AvgIpc) is 2.52.